The Hall–Kier alpha value is -3.06. The summed E-state index contributed by atoms with van der Waals surface area (Å²) in [6.45, 7) is 0.623. The van der Waals surface area contributed by atoms with Crippen molar-refractivity contribution in [2.24, 2.45) is 0 Å². The molecule has 0 spiro atoms. The highest BCUT2D eigenvalue weighted by atomic mass is 32.1. The lowest BCUT2D eigenvalue weighted by Crippen LogP contribution is -2.29. The number of amides is 2. The van der Waals surface area contributed by atoms with E-state index in [4.69, 9.17) is 0 Å². The maximum Gasteiger partial charge on any atom is 0.257 e. The van der Waals surface area contributed by atoms with Crippen molar-refractivity contribution in [3.8, 4) is 0 Å². The zero-order valence-electron chi connectivity index (χ0n) is 16.4. The Balaban J connectivity index is 1.31. The highest BCUT2D eigenvalue weighted by molar-refractivity contribution is 7.16. The molecule has 5 nitrogen and oxygen atoms in total. The first-order valence-corrected chi connectivity index (χ1v) is 10.8. The van der Waals surface area contributed by atoms with Gasteiger partial charge >= 0.3 is 0 Å². The molecule has 30 heavy (non-hydrogen) atoms. The van der Waals surface area contributed by atoms with Crippen molar-refractivity contribution in [1.29, 1.82) is 0 Å². The molecule has 1 aliphatic rings. The maximum absolute atomic E-state index is 13.0. The molecular weight excluding hydrogens is 401 g/mol. The van der Waals surface area contributed by atoms with Gasteiger partial charge in [0.1, 0.15) is 5.82 Å². The molecule has 2 aromatic carbocycles. The summed E-state index contributed by atoms with van der Waals surface area (Å²) in [5.41, 5.74) is 2.38. The van der Waals surface area contributed by atoms with Crippen LogP contribution in [0.15, 0.2) is 54.6 Å². The molecule has 3 aromatic rings. The topological polar surface area (TPSA) is 71.1 Å². The Bertz CT molecular complexity index is 1030. The second kappa shape index (κ2) is 9.17. The van der Waals surface area contributed by atoms with Crippen LogP contribution in [-0.2, 0) is 17.6 Å². The fourth-order valence-corrected chi connectivity index (χ4v) is 4.61. The molecule has 0 saturated carbocycles. The third-order valence-electron chi connectivity index (χ3n) is 5.15. The number of anilines is 1. The number of aromatic nitrogens is 1. The first-order valence-electron chi connectivity index (χ1n) is 9.98. The van der Waals surface area contributed by atoms with E-state index >= 15 is 0 Å². The summed E-state index contributed by atoms with van der Waals surface area (Å²) >= 11 is 1.40. The SMILES string of the molecule is O=C(Nc1nc2c(s1)CC[C@@H]2C(=O)NCCCc1ccccc1)c1ccc(F)cc1. The van der Waals surface area contributed by atoms with Gasteiger partial charge in [-0.3, -0.25) is 14.9 Å². The Morgan fingerprint density at radius 2 is 1.87 bits per heavy atom. The molecule has 0 unspecified atom stereocenters. The summed E-state index contributed by atoms with van der Waals surface area (Å²) in [7, 11) is 0. The van der Waals surface area contributed by atoms with Crippen LogP contribution in [0, 0.1) is 5.82 Å². The summed E-state index contributed by atoms with van der Waals surface area (Å²) in [6.07, 6.45) is 3.32. The molecule has 1 atom stereocenters. The van der Waals surface area contributed by atoms with E-state index in [0.717, 1.165) is 36.3 Å². The molecule has 154 valence electrons. The number of fused-ring (bicyclic) bond motifs is 1. The number of rotatable bonds is 7. The fraction of sp³-hybridized carbons (Fsp3) is 0.261. The average molecular weight is 424 g/mol. The number of halogens is 1. The Morgan fingerprint density at radius 3 is 2.63 bits per heavy atom. The van der Waals surface area contributed by atoms with Crippen LogP contribution in [-0.4, -0.2) is 23.3 Å². The predicted octanol–water partition coefficient (Wildman–Crippen LogP) is 4.31. The highest BCUT2D eigenvalue weighted by Crippen LogP contribution is 2.38. The number of nitrogens with zero attached hydrogens (tertiary/aromatic N) is 1. The highest BCUT2D eigenvalue weighted by Gasteiger charge is 2.32. The van der Waals surface area contributed by atoms with E-state index in [1.165, 1.54) is 41.2 Å². The van der Waals surface area contributed by atoms with Crippen LogP contribution in [0.3, 0.4) is 0 Å². The molecular formula is C23H22FN3O2S. The van der Waals surface area contributed by atoms with Crippen LogP contribution in [0.5, 0.6) is 0 Å². The van der Waals surface area contributed by atoms with Gasteiger partial charge in [0.25, 0.3) is 5.91 Å². The number of hydrogen-bond acceptors (Lipinski definition) is 4. The number of carbonyl (C=O) groups is 2. The average Bonchev–Trinajstić information content (AvgIpc) is 3.32. The Labute approximate surface area is 178 Å². The fourth-order valence-electron chi connectivity index (χ4n) is 3.58. The van der Waals surface area contributed by atoms with Crippen molar-refractivity contribution in [2.45, 2.75) is 31.6 Å². The summed E-state index contributed by atoms with van der Waals surface area (Å²) in [5, 5.41) is 6.24. The molecule has 0 saturated heterocycles. The summed E-state index contributed by atoms with van der Waals surface area (Å²) in [5.74, 6) is -1.02. The number of aryl methyl sites for hydroxylation is 2. The van der Waals surface area contributed by atoms with Crippen LogP contribution in [0.25, 0.3) is 0 Å². The molecule has 0 bridgehead atoms. The summed E-state index contributed by atoms with van der Waals surface area (Å²) in [4.78, 5) is 30.5. The van der Waals surface area contributed by atoms with E-state index in [9.17, 15) is 14.0 Å². The van der Waals surface area contributed by atoms with Gasteiger partial charge in [0.2, 0.25) is 5.91 Å². The van der Waals surface area contributed by atoms with Gasteiger partial charge in [-0.1, -0.05) is 30.3 Å². The predicted molar refractivity (Wildman–Crippen MR) is 115 cm³/mol. The van der Waals surface area contributed by atoms with E-state index in [0.29, 0.717) is 17.2 Å². The molecule has 4 rings (SSSR count). The summed E-state index contributed by atoms with van der Waals surface area (Å²) < 4.78 is 13.0. The number of hydrogen-bond donors (Lipinski definition) is 2. The Kier molecular flexibility index (Phi) is 6.18. The number of thiazole rings is 1. The van der Waals surface area contributed by atoms with Crippen molar-refractivity contribution in [3.63, 3.8) is 0 Å². The first kappa shape index (κ1) is 20.2. The van der Waals surface area contributed by atoms with Gasteiger partial charge in [0, 0.05) is 17.0 Å². The monoisotopic (exact) mass is 423 g/mol. The first-order chi connectivity index (χ1) is 14.6. The van der Waals surface area contributed by atoms with Gasteiger partial charge in [0.15, 0.2) is 5.13 Å². The minimum Gasteiger partial charge on any atom is -0.356 e. The van der Waals surface area contributed by atoms with E-state index in [1.807, 2.05) is 18.2 Å². The van der Waals surface area contributed by atoms with Crippen LogP contribution >= 0.6 is 11.3 Å². The second-order valence-corrected chi connectivity index (χ2v) is 8.34. The van der Waals surface area contributed by atoms with E-state index in [2.05, 4.69) is 27.8 Å². The van der Waals surface area contributed by atoms with Crippen LogP contribution in [0.1, 0.15) is 45.3 Å². The quantitative estimate of drug-likeness (QED) is 0.556. The van der Waals surface area contributed by atoms with Gasteiger partial charge in [-0.05, 0) is 55.5 Å². The molecule has 7 heteroatoms. The zero-order chi connectivity index (χ0) is 20.9. The van der Waals surface area contributed by atoms with Crippen molar-refractivity contribution in [1.82, 2.24) is 10.3 Å². The standard InChI is InChI=1S/C23H22FN3O2S/c24-17-10-8-16(9-11-17)21(28)27-23-26-20-18(12-13-19(20)30-23)22(29)25-14-4-7-15-5-2-1-3-6-15/h1-3,5-6,8-11,18H,4,7,12-14H2,(H,25,29)(H,26,27,28)/t18-/m0/s1. The third-order valence-corrected chi connectivity index (χ3v) is 6.19. The van der Waals surface area contributed by atoms with Crippen molar-refractivity contribution in [3.05, 3.63) is 82.1 Å². The molecule has 1 heterocycles. The molecule has 1 aliphatic carbocycles. The lowest BCUT2D eigenvalue weighted by molar-refractivity contribution is -0.122. The van der Waals surface area contributed by atoms with Crippen molar-refractivity contribution < 1.29 is 14.0 Å². The van der Waals surface area contributed by atoms with Crippen LogP contribution in [0.4, 0.5) is 9.52 Å². The van der Waals surface area contributed by atoms with Gasteiger partial charge in [-0.15, -0.1) is 11.3 Å². The van der Waals surface area contributed by atoms with Gasteiger partial charge in [-0.25, -0.2) is 9.37 Å². The number of carbonyl (C=O) groups excluding carboxylic acids is 2. The molecule has 2 amide bonds. The third kappa shape index (κ3) is 4.74. The lowest BCUT2D eigenvalue weighted by Gasteiger charge is -2.11. The molecule has 1 aromatic heterocycles. The number of benzene rings is 2. The van der Waals surface area contributed by atoms with E-state index in [1.54, 1.807) is 0 Å². The van der Waals surface area contributed by atoms with E-state index in [-0.39, 0.29) is 17.7 Å². The van der Waals surface area contributed by atoms with E-state index < -0.39 is 5.82 Å². The maximum atomic E-state index is 13.0. The smallest absolute Gasteiger partial charge is 0.257 e. The normalized spacial score (nSPS) is 14.9. The summed E-state index contributed by atoms with van der Waals surface area (Å²) in [6, 6.07) is 15.5. The minimum absolute atomic E-state index is 0.0106. The van der Waals surface area contributed by atoms with Crippen molar-refractivity contribution in [2.75, 3.05) is 11.9 Å². The van der Waals surface area contributed by atoms with Crippen LogP contribution < -0.4 is 10.6 Å². The Morgan fingerprint density at radius 1 is 1.10 bits per heavy atom. The second-order valence-electron chi connectivity index (χ2n) is 7.26. The number of nitrogens with one attached hydrogen (secondary N) is 2. The van der Waals surface area contributed by atoms with Gasteiger partial charge in [-0.2, -0.15) is 0 Å². The molecule has 0 fully saturated rings. The molecule has 2 N–H and O–H groups in total. The molecule has 0 radical (unpaired) electrons. The minimum atomic E-state index is -0.391. The van der Waals surface area contributed by atoms with Gasteiger partial charge < -0.3 is 5.32 Å². The van der Waals surface area contributed by atoms with Crippen molar-refractivity contribution >= 4 is 28.3 Å². The van der Waals surface area contributed by atoms with Gasteiger partial charge in [0.05, 0.1) is 11.6 Å². The lowest BCUT2D eigenvalue weighted by atomic mass is 10.1. The molecule has 0 aliphatic heterocycles. The van der Waals surface area contributed by atoms with Crippen LogP contribution in [0.2, 0.25) is 0 Å². The largest absolute Gasteiger partial charge is 0.356 e. The zero-order valence-corrected chi connectivity index (χ0v) is 17.2.